The predicted octanol–water partition coefficient (Wildman–Crippen LogP) is 2.76. The maximum atomic E-state index is 12.0. The van der Waals surface area contributed by atoms with Crippen LogP contribution in [0.3, 0.4) is 0 Å². The zero-order valence-electron chi connectivity index (χ0n) is 16.2. The molecule has 0 spiro atoms. The van der Waals surface area contributed by atoms with E-state index in [0.29, 0.717) is 25.4 Å². The second-order valence-corrected chi connectivity index (χ2v) is 8.03. The van der Waals surface area contributed by atoms with E-state index in [0.717, 1.165) is 32.1 Å². The van der Waals surface area contributed by atoms with Gasteiger partial charge in [0.2, 0.25) is 5.91 Å². The predicted molar refractivity (Wildman–Crippen MR) is 124 cm³/mol. The Balaban J connectivity index is 0.00000261. The molecule has 2 N–H and O–H groups in total. The van der Waals surface area contributed by atoms with Gasteiger partial charge in [0.15, 0.2) is 5.96 Å². The molecule has 8 heteroatoms. The van der Waals surface area contributed by atoms with Crippen molar-refractivity contribution in [2.45, 2.75) is 32.1 Å². The second kappa shape index (κ2) is 11.7. The molecule has 1 aliphatic carbocycles. The number of piperazine rings is 1. The Morgan fingerprint density at radius 3 is 2.52 bits per heavy atom. The lowest BCUT2D eigenvalue weighted by molar-refractivity contribution is -0.121. The van der Waals surface area contributed by atoms with Crippen LogP contribution in [0, 0.1) is 5.92 Å². The van der Waals surface area contributed by atoms with Crippen LogP contribution in [-0.2, 0) is 4.79 Å². The van der Waals surface area contributed by atoms with Crippen molar-refractivity contribution in [3.05, 3.63) is 17.5 Å². The van der Waals surface area contributed by atoms with Gasteiger partial charge in [-0.3, -0.25) is 9.79 Å². The second-order valence-electron chi connectivity index (χ2n) is 7.10. The first-order valence-corrected chi connectivity index (χ1v) is 10.6. The van der Waals surface area contributed by atoms with E-state index in [1.807, 2.05) is 7.05 Å². The molecule has 1 aromatic rings. The Morgan fingerprint density at radius 1 is 1.19 bits per heavy atom. The number of rotatable bonds is 6. The van der Waals surface area contributed by atoms with Gasteiger partial charge in [-0.15, -0.1) is 35.3 Å². The van der Waals surface area contributed by atoms with Crippen LogP contribution >= 0.6 is 35.3 Å². The molecule has 27 heavy (non-hydrogen) atoms. The van der Waals surface area contributed by atoms with E-state index in [1.165, 1.54) is 30.7 Å². The molecule has 2 heterocycles. The van der Waals surface area contributed by atoms with E-state index in [1.54, 1.807) is 11.3 Å². The molecule has 0 unspecified atom stereocenters. The lowest BCUT2D eigenvalue weighted by Crippen LogP contribution is -2.53. The SMILES string of the molecule is CN=C(NCCNC(=O)CC1CCCC1)N1CCN(c2cccs2)CC1.I. The number of thiophene rings is 1. The molecule has 0 bridgehead atoms. The van der Waals surface area contributed by atoms with E-state index in [2.05, 4.69) is 42.9 Å². The molecule has 152 valence electrons. The Kier molecular flexibility index (Phi) is 9.67. The van der Waals surface area contributed by atoms with Crippen molar-refractivity contribution in [3.8, 4) is 0 Å². The maximum absolute atomic E-state index is 12.0. The molecule has 1 saturated carbocycles. The third-order valence-corrected chi connectivity index (χ3v) is 6.22. The van der Waals surface area contributed by atoms with Gasteiger partial charge in [-0.2, -0.15) is 0 Å². The molecule has 0 atom stereocenters. The number of guanidine groups is 1. The number of nitrogens with one attached hydrogen (secondary N) is 2. The Hall–Kier alpha value is -1.03. The average molecular weight is 505 g/mol. The van der Waals surface area contributed by atoms with Gasteiger partial charge in [-0.25, -0.2) is 0 Å². The van der Waals surface area contributed by atoms with Gasteiger partial charge in [0, 0.05) is 52.7 Å². The molecular formula is C19H32IN5OS. The van der Waals surface area contributed by atoms with Gasteiger partial charge in [0.1, 0.15) is 0 Å². The molecular weight excluding hydrogens is 473 g/mol. The van der Waals surface area contributed by atoms with Gasteiger partial charge in [0.05, 0.1) is 5.00 Å². The maximum Gasteiger partial charge on any atom is 0.220 e. The van der Waals surface area contributed by atoms with Gasteiger partial charge in [0.25, 0.3) is 0 Å². The first-order valence-electron chi connectivity index (χ1n) is 9.77. The van der Waals surface area contributed by atoms with Gasteiger partial charge in [-0.05, 0) is 36.3 Å². The number of carbonyl (C=O) groups excluding carboxylic acids is 1. The van der Waals surface area contributed by atoms with Crippen LogP contribution in [0.2, 0.25) is 0 Å². The summed E-state index contributed by atoms with van der Waals surface area (Å²) < 4.78 is 0. The summed E-state index contributed by atoms with van der Waals surface area (Å²) in [4.78, 5) is 21.1. The van der Waals surface area contributed by atoms with Gasteiger partial charge >= 0.3 is 0 Å². The standard InChI is InChI=1S/C19H31N5OS.HI/c1-20-19(22-9-8-21-17(25)15-16-5-2-3-6-16)24-12-10-23(11-13-24)18-7-4-14-26-18;/h4,7,14,16H,2-3,5-6,8-13,15H2,1H3,(H,20,22)(H,21,25);1H. The molecule has 1 aromatic heterocycles. The number of nitrogens with zero attached hydrogens (tertiary/aromatic N) is 3. The number of aliphatic imine (C=N–C) groups is 1. The summed E-state index contributed by atoms with van der Waals surface area (Å²) >= 11 is 1.80. The molecule has 6 nitrogen and oxygen atoms in total. The zero-order valence-corrected chi connectivity index (χ0v) is 19.3. The van der Waals surface area contributed by atoms with Crippen LogP contribution in [0.1, 0.15) is 32.1 Å². The summed E-state index contributed by atoms with van der Waals surface area (Å²) in [5.41, 5.74) is 0. The van der Waals surface area contributed by atoms with Gasteiger partial charge in [-0.1, -0.05) is 12.8 Å². The molecule has 0 radical (unpaired) electrons. The monoisotopic (exact) mass is 505 g/mol. The Morgan fingerprint density at radius 2 is 1.89 bits per heavy atom. The van der Waals surface area contributed by atoms with Crippen LogP contribution < -0.4 is 15.5 Å². The highest BCUT2D eigenvalue weighted by molar-refractivity contribution is 14.0. The summed E-state index contributed by atoms with van der Waals surface area (Å²) in [5.74, 6) is 1.73. The summed E-state index contributed by atoms with van der Waals surface area (Å²) in [6.45, 7) is 5.32. The van der Waals surface area contributed by atoms with Crippen LogP contribution in [-0.4, -0.2) is 63.1 Å². The first-order chi connectivity index (χ1) is 12.8. The quantitative estimate of drug-likeness (QED) is 0.270. The van der Waals surface area contributed by atoms with Crippen molar-refractivity contribution in [1.29, 1.82) is 0 Å². The number of carbonyl (C=O) groups is 1. The highest BCUT2D eigenvalue weighted by atomic mass is 127. The van der Waals surface area contributed by atoms with E-state index in [4.69, 9.17) is 0 Å². The molecule has 3 rings (SSSR count). The number of anilines is 1. The zero-order chi connectivity index (χ0) is 18.2. The molecule has 0 aromatic carbocycles. The Labute approximate surface area is 183 Å². The van der Waals surface area contributed by atoms with Crippen molar-refractivity contribution >= 4 is 52.2 Å². The molecule has 1 aliphatic heterocycles. The fourth-order valence-corrected chi connectivity index (χ4v) is 4.63. The van der Waals surface area contributed by atoms with Crippen LogP contribution in [0.15, 0.2) is 22.5 Å². The van der Waals surface area contributed by atoms with Gasteiger partial charge < -0.3 is 20.4 Å². The van der Waals surface area contributed by atoms with Crippen molar-refractivity contribution in [2.24, 2.45) is 10.9 Å². The number of amides is 1. The summed E-state index contributed by atoms with van der Waals surface area (Å²) in [7, 11) is 1.83. The highest BCUT2D eigenvalue weighted by Gasteiger charge is 2.20. The van der Waals surface area contributed by atoms with Crippen LogP contribution in [0.4, 0.5) is 5.00 Å². The lowest BCUT2D eigenvalue weighted by atomic mass is 10.0. The number of halogens is 1. The molecule has 1 saturated heterocycles. The third kappa shape index (κ3) is 6.81. The van der Waals surface area contributed by atoms with E-state index < -0.39 is 0 Å². The van der Waals surface area contributed by atoms with Crippen LogP contribution in [0.25, 0.3) is 0 Å². The summed E-state index contributed by atoms with van der Waals surface area (Å²) in [5, 5.41) is 9.89. The van der Waals surface area contributed by atoms with E-state index in [-0.39, 0.29) is 29.9 Å². The lowest BCUT2D eigenvalue weighted by Gasteiger charge is -2.37. The normalized spacial score (nSPS) is 18.3. The summed E-state index contributed by atoms with van der Waals surface area (Å²) in [6, 6.07) is 4.29. The van der Waals surface area contributed by atoms with Crippen molar-refractivity contribution in [1.82, 2.24) is 15.5 Å². The molecule has 2 aliphatic rings. The topological polar surface area (TPSA) is 60.0 Å². The molecule has 1 amide bonds. The number of hydrogen-bond acceptors (Lipinski definition) is 4. The van der Waals surface area contributed by atoms with Crippen molar-refractivity contribution < 1.29 is 4.79 Å². The highest BCUT2D eigenvalue weighted by Crippen LogP contribution is 2.27. The fraction of sp³-hybridized carbons (Fsp3) is 0.684. The third-order valence-electron chi connectivity index (χ3n) is 5.29. The average Bonchev–Trinajstić information content (AvgIpc) is 3.36. The van der Waals surface area contributed by atoms with Crippen molar-refractivity contribution in [2.75, 3.05) is 51.2 Å². The van der Waals surface area contributed by atoms with E-state index in [9.17, 15) is 4.79 Å². The first kappa shape index (κ1) is 22.3. The smallest absolute Gasteiger partial charge is 0.220 e. The largest absolute Gasteiger partial charge is 0.360 e. The fourth-order valence-electron chi connectivity index (χ4n) is 3.85. The minimum absolute atomic E-state index is 0. The van der Waals surface area contributed by atoms with Crippen LogP contribution in [0.5, 0.6) is 0 Å². The minimum Gasteiger partial charge on any atom is -0.360 e. The Bertz CT molecular complexity index is 581. The van der Waals surface area contributed by atoms with Crippen molar-refractivity contribution in [3.63, 3.8) is 0 Å². The molecule has 2 fully saturated rings. The minimum atomic E-state index is 0. The number of hydrogen-bond donors (Lipinski definition) is 2. The summed E-state index contributed by atoms with van der Waals surface area (Å²) in [6.07, 6.45) is 5.70. The van der Waals surface area contributed by atoms with E-state index >= 15 is 0 Å².